The predicted octanol–water partition coefficient (Wildman–Crippen LogP) is 2.26. The van der Waals surface area contributed by atoms with Gasteiger partial charge in [-0.25, -0.2) is 0 Å². The van der Waals surface area contributed by atoms with Gasteiger partial charge in [-0.2, -0.15) is 0 Å². The zero-order chi connectivity index (χ0) is 9.84. The van der Waals surface area contributed by atoms with E-state index in [-0.39, 0.29) is 5.12 Å². The first-order valence-electron chi connectivity index (χ1n) is 3.71. The van der Waals surface area contributed by atoms with Gasteiger partial charge in [0.15, 0.2) is 0 Å². The number of hydrogen-bond donors (Lipinski definition) is 1. The van der Waals surface area contributed by atoms with E-state index in [2.05, 4.69) is 0 Å². The van der Waals surface area contributed by atoms with Crippen LogP contribution in [0.2, 0.25) is 5.02 Å². The molecule has 1 rings (SSSR count). The summed E-state index contributed by atoms with van der Waals surface area (Å²) in [6.45, 7) is 1.46. The Labute approximate surface area is 85.9 Å². The fourth-order valence-corrected chi connectivity index (χ4v) is 1.80. The number of aliphatic hydroxyl groups is 1. The lowest BCUT2D eigenvalue weighted by Gasteiger charge is -2.02. The van der Waals surface area contributed by atoms with Crippen LogP contribution in [-0.4, -0.2) is 16.8 Å². The van der Waals surface area contributed by atoms with E-state index in [1.807, 2.05) is 13.0 Å². The van der Waals surface area contributed by atoms with Crippen LogP contribution in [0.15, 0.2) is 23.1 Å². The lowest BCUT2D eigenvalue weighted by atomic mass is 10.2. The van der Waals surface area contributed by atoms with E-state index in [9.17, 15) is 4.79 Å². The molecule has 0 bridgehead atoms. The van der Waals surface area contributed by atoms with Crippen LogP contribution in [-0.2, 0) is 4.79 Å². The van der Waals surface area contributed by atoms with Crippen molar-refractivity contribution in [3.8, 4) is 0 Å². The summed E-state index contributed by atoms with van der Waals surface area (Å²) in [5, 5.41) is 8.78. The number of rotatable bonds is 2. The van der Waals surface area contributed by atoms with Crippen LogP contribution in [0.25, 0.3) is 0 Å². The van der Waals surface area contributed by atoms with Gasteiger partial charge < -0.3 is 5.11 Å². The quantitative estimate of drug-likeness (QED) is 0.771. The van der Waals surface area contributed by atoms with Gasteiger partial charge in [-0.05, 0) is 36.4 Å². The summed E-state index contributed by atoms with van der Waals surface area (Å²) >= 11 is 6.83. The summed E-state index contributed by atoms with van der Waals surface area (Å²) in [6.07, 6.45) is 0. The minimum Gasteiger partial charge on any atom is -0.388 e. The first kappa shape index (κ1) is 10.6. The highest BCUT2D eigenvalue weighted by molar-refractivity contribution is 8.13. The number of aliphatic hydroxyl groups excluding tert-OH is 1. The number of carbonyl (C=O) groups is 1. The van der Waals surface area contributed by atoms with Gasteiger partial charge in [0, 0.05) is 4.90 Å². The highest BCUT2D eigenvalue weighted by atomic mass is 35.5. The molecule has 0 aliphatic carbocycles. The first-order valence-corrected chi connectivity index (χ1v) is 4.90. The van der Waals surface area contributed by atoms with Crippen LogP contribution in [0.3, 0.4) is 0 Å². The number of aryl methyl sites for hydroxylation is 1. The second-order valence-electron chi connectivity index (χ2n) is 2.57. The Morgan fingerprint density at radius 2 is 2.31 bits per heavy atom. The molecule has 0 radical (unpaired) electrons. The molecule has 1 N–H and O–H groups in total. The molecule has 70 valence electrons. The smallest absolute Gasteiger partial charge is 0.219 e. The predicted molar refractivity (Wildman–Crippen MR) is 54.1 cm³/mol. The monoisotopic (exact) mass is 216 g/mol. The summed E-state index contributed by atoms with van der Waals surface area (Å²) < 4.78 is 0. The molecule has 0 fully saturated rings. The summed E-state index contributed by atoms with van der Waals surface area (Å²) in [4.78, 5) is 11.6. The van der Waals surface area contributed by atoms with Crippen LogP contribution < -0.4 is 0 Å². The fraction of sp³-hybridized carbons (Fsp3) is 0.222. The molecule has 0 unspecified atom stereocenters. The van der Waals surface area contributed by atoms with E-state index in [0.717, 1.165) is 17.3 Å². The second-order valence-corrected chi connectivity index (χ2v) is 4.07. The summed E-state index contributed by atoms with van der Waals surface area (Å²) in [7, 11) is 0. The molecule has 1 aromatic carbocycles. The normalized spacial score (nSPS) is 10.1. The van der Waals surface area contributed by atoms with Gasteiger partial charge in [0.2, 0.25) is 5.12 Å². The number of hydrogen-bond acceptors (Lipinski definition) is 3. The molecule has 0 saturated carbocycles. The van der Waals surface area contributed by atoms with Crippen molar-refractivity contribution in [2.75, 3.05) is 6.61 Å². The standard InChI is InChI=1S/C9H9ClO2S/c1-6-2-3-8(7(10)4-6)13-9(12)5-11/h2-4,11H,5H2,1H3. The van der Waals surface area contributed by atoms with E-state index in [0.29, 0.717) is 9.92 Å². The molecule has 0 atom stereocenters. The Kier molecular flexibility index (Phi) is 3.78. The highest BCUT2D eigenvalue weighted by Crippen LogP contribution is 2.28. The van der Waals surface area contributed by atoms with E-state index in [1.165, 1.54) is 0 Å². The lowest BCUT2D eigenvalue weighted by molar-refractivity contribution is -0.113. The molecule has 0 aliphatic rings. The Morgan fingerprint density at radius 3 is 2.85 bits per heavy atom. The summed E-state index contributed by atoms with van der Waals surface area (Å²) in [5.74, 6) is 0. The third-order valence-electron chi connectivity index (χ3n) is 1.44. The molecule has 0 aromatic heterocycles. The lowest BCUT2D eigenvalue weighted by Crippen LogP contribution is -1.96. The minimum absolute atomic E-state index is 0.300. The van der Waals surface area contributed by atoms with Crippen molar-refractivity contribution in [1.82, 2.24) is 0 Å². The van der Waals surface area contributed by atoms with Gasteiger partial charge in [-0.1, -0.05) is 17.7 Å². The number of benzene rings is 1. The van der Waals surface area contributed by atoms with E-state index in [1.54, 1.807) is 12.1 Å². The largest absolute Gasteiger partial charge is 0.388 e. The first-order chi connectivity index (χ1) is 6.13. The van der Waals surface area contributed by atoms with Gasteiger partial charge in [0.25, 0.3) is 0 Å². The van der Waals surface area contributed by atoms with Crippen molar-refractivity contribution >= 4 is 28.5 Å². The third-order valence-corrected chi connectivity index (χ3v) is 2.80. The number of carbonyl (C=O) groups excluding carboxylic acids is 1. The maximum Gasteiger partial charge on any atom is 0.219 e. The molecule has 13 heavy (non-hydrogen) atoms. The molecular weight excluding hydrogens is 208 g/mol. The van der Waals surface area contributed by atoms with Crippen molar-refractivity contribution in [3.05, 3.63) is 28.8 Å². The van der Waals surface area contributed by atoms with Gasteiger partial charge in [-0.3, -0.25) is 4.79 Å². The molecule has 4 heteroatoms. The molecule has 0 heterocycles. The van der Waals surface area contributed by atoms with Crippen LogP contribution in [0, 0.1) is 6.92 Å². The van der Waals surface area contributed by atoms with E-state index >= 15 is 0 Å². The van der Waals surface area contributed by atoms with Crippen molar-refractivity contribution in [3.63, 3.8) is 0 Å². The van der Waals surface area contributed by atoms with Crippen LogP contribution in [0.1, 0.15) is 5.56 Å². The SMILES string of the molecule is Cc1ccc(SC(=O)CO)c(Cl)c1. The Morgan fingerprint density at radius 1 is 1.62 bits per heavy atom. The van der Waals surface area contributed by atoms with Gasteiger partial charge in [0.05, 0.1) is 5.02 Å². The molecule has 1 aromatic rings. The van der Waals surface area contributed by atoms with Crippen molar-refractivity contribution in [2.24, 2.45) is 0 Å². The number of halogens is 1. The summed E-state index contributed by atoms with van der Waals surface area (Å²) in [5.41, 5.74) is 1.05. The molecule has 0 spiro atoms. The molecule has 0 aliphatic heterocycles. The third kappa shape index (κ3) is 3.03. The van der Waals surface area contributed by atoms with Crippen molar-refractivity contribution in [1.29, 1.82) is 0 Å². The van der Waals surface area contributed by atoms with Crippen molar-refractivity contribution < 1.29 is 9.90 Å². The van der Waals surface area contributed by atoms with Crippen LogP contribution in [0.5, 0.6) is 0 Å². The zero-order valence-corrected chi connectivity index (χ0v) is 8.65. The van der Waals surface area contributed by atoms with Crippen LogP contribution in [0.4, 0.5) is 0 Å². The maximum absolute atomic E-state index is 10.9. The Bertz CT molecular complexity index is 325. The van der Waals surface area contributed by atoms with Crippen molar-refractivity contribution in [2.45, 2.75) is 11.8 Å². The summed E-state index contributed by atoms with van der Waals surface area (Å²) in [6, 6.07) is 5.43. The number of thioether (sulfide) groups is 1. The topological polar surface area (TPSA) is 37.3 Å². The molecular formula is C9H9ClO2S. The van der Waals surface area contributed by atoms with Crippen LogP contribution >= 0.6 is 23.4 Å². The Balaban J connectivity index is 2.83. The highest BCUT2D eigenvalue weighted by Gasteiger charge is 2.06. The molecule has 2 nitrogen and oxygen atoms in total. The maximum atomic E-state index is 10.9. The van der Waals surface area contributed by atoms with Gasteiger partial charge >= 0.3 is 0 Å². The van der Waals surface area contributed by atoms with E-state index < -0.39 is 6.61 Å². The second kappa shape index (κ2) is 4.65. The minimum atomic E-state index is -0.463. The molecule has 0 saturated heterocycles. The zero-order valence-electron chi connectivity index (χ0n) is 7.08. The van der Waals surface area contributed by atoms with Gasteiger partial charge in [-0.15, -0.1) is 0 Å². The molecule has 0 amide bonds. The average molecular weight is 217 g/mol. The average Bonchev–Trinajstić information content (AvgIpc) is 2.09. The van der Waals surface area contributed by atoms with Gasteiger partial charge in [0.1, 0.15) is 6.61 Å². The van der Waals surface area contributed by atoms with E-state index in [4.69, 9.17) is 16.7 Å². The Hall–Kier alpha value is -0.510. The fourth-order valence-electron chi connectivity index (χ4n) is 0.844.